The number of anilines is 1. The summed E-state index contributed by atoms with van der Waals surface area (Å²) in [5.74, 6) is -0.950. The average molecular weight is 293 g/mol. The van der Waals surface area contributed by atoms with E-state index in [9.17, 15) is 9.18 Å². The van der Waals surface area contributed by atoms with E-state index in [0.717, 1.165) is 12.8 Å². The Labute approximate surface area is 125 Å². The highest BCUT2D eigenvalue weighted by Crippen LogP contribution is 2.31. The van der Waals surface area contributed by atoms with Crippen LogP contribution in [0.25, 0.3) is 0 Å². The first-order valence-corrected chi connectivity index (χ1v) is 7.45. The minimum absolute atomic E-state index is 0.0157. The predicted octanol–water partition coefficient (Wildman–Crippen LogP) is 2.40. The summed E-state index contributed by atoms with van der Waals surface area (Å²) in [7, 11) is 4.09. The maximum absolute atomic E-state index is 13.8. The molecular formula is C16H24FN3O. The van der Waals surface area contributed by atoms with E-state index in [4.69, 9.17) is 5.73 Å². The Morgan fingerprint density at radius 3 is 2.57 bits per heavy atom. The van der Waals surface area contributed by atoms with Crippen molar-refractivity contribution in [2.45, 2.75) is 37.6 Å². The Hall–Kier alpha value is -1.62. The molecular weight excluding hydrogens is 269 g/mol. The topological polar surface area (TPSA) is 58.4 Å². The molecule has 0 unspecified atom stereocenters. The zero-order valence-corrected chi connectivity index (χ0v) is 12.8. The number of hydrogen-bond acceptors (Lipinski definition) is 3. The Bertz CT molecular complexity index is 510. The van der Waals surface area contributed by atoms with Gasteiger partial charge in [0.1, 0.15) is 5.82 Å². The highest BCUT2D eigenvalue weighted by atomic mass is 19.1. The van der Waals surface area contributed by atoms with Crippen LogP contribution in [0.5, 0.6) is 0 Å². The number of nitrogens with two attached hydrogens (primary N) is 1. The molecule has 0 spiro atoms. The van der Waals surface area contributed by atoms with Crippen molar-refractivity contribution in [1.29, 1.82) is 0 Å². The van der Waals surface area contributed by atoms with Gasteiger partial charge in [0.2, 0.25) is 0 Å². The second kappa shape index (κ2) is 6.43. The Kier molecular flexibility index (Phi) is 4.83. The number of nitrogens with zero attached hydrogens (tertiary/aromatic N) is 1. The molecule has 1 saturated carbocycles. The highest BCUT2D eigenvalue weighted by Gasteiger charge is 2.34. The fraction of sp³-hybridized carbons (Fsp3) is 0.562. The SMILES string of the molecule is CN(C)C1(CNC(=O)c2ccc(N)cc2F)CCCCC1. The Morgan fingerprint density at radius 2 is 2.00 bits per heavy atom. The first-order chi connectivity index (χ1) is 9.94. The van der Waals surface area contributed by atoms with Crippen molar-refractivity contribution in [3.8, 4) is 0 Å². The van der Waals surface area contributed by atoms with Gasteiger partial charge in [0.05, 0.1) is 5.56 Å². The van der Waals surface area contributed by atoms with Gasteiger partial charge in [0.15, 0.2) is 0 Å². The van der Waals surface area contributed by atoms with Crippen LogP contribution in [0.1, 0.15) is 42.5 Å². The summed E-state index contributed by atoms with van der Waals surface area (Å²) in [6.07, 6.45) is 5.71. The van der Waals surface area contributed by atoms with E-state index in [1.54, 1.807) is 6.07 Å². The molecule has 21 heavy (non-hydrogen) atoms. The number of likely N-dealkylation sites (N-methyl/N-ethyl adjacent to an activating group) is 1. The number of halogens is 1. The van der Waals surface area contributed by atoms with E-state index >= 15 is 0 Å². The Morgan fingerprint density at radius 1 is 1.33 bits per heavy atom. The van der Waals surface area contributed by atoms with Crippen molar-refractivity contribution in [2.24, 2.45) is 0 Å². The molecule has 1 aromatic rings. The van der Waals surface area contributed by atoms with Crippen LogP contribution in [-0.4, -0.2) is 37.0 Å². The molecule has 1 aliphatic rings. The van der Waals surface area contributed by atoms with Gasteiger partial charge in [-0.1, -0.05) is 19.3 Å². The Balaban J connectivity index is 2.05. The highest BCUT2D eigenvalue weighted by molar-refractivity contribution is 5.94. The fourth-order valence-electron chi connectivity index (χ4n) is 3.05. The van der Waals surface area contributed by atoms with E-state index in [1.165, 1.54) is 31.4 Å². The zero-order valence-electron chi connectivity index (χ0n) is 12.8. The van der Waals surface area contributed by atoms with E-state index < -0.39 is 5.82 Å². The third kappa shape index (κ3) is 3.53. The third-order valence-electron chi connectivity index (χ3n) is 4.55. The van der Waals surface area contributed by atoms with Crippen LogP contribution < -0.4 is 11.1 Å². The molecule has 3 N–H and O–H groups in total. The lowest BCUT2D eigenvalue weighted by Gasteiger charge is -2.43. The van der Waals surface area contributed by atoms with E-state index in [1.807, 2.05) is 14.1 Å². The van der Waals surface area contributed by atoms with Crippen molar-refractivity contribution in [1.82, 2.24) is 10.2 Å². The maximum Gasteiger partial charge on any atom is 0.254 e. The monoisotopic (exact) mass is 293 g/mol. The molecule has 0 aromatic heterocycles. The first-order valence-electron chi connectivity index (χ1n) is 7.45. The van der Waals surface area contributed by atoms with Crippen LogP contribution in [0, 0.1) is 5.82 Å². The molecule has 0 bridgehead atoms. The minimum Gasteiger partial charge on any atom is -0.399 e. The smallest absolute Gasteiger partial charge is 0.254 e. The van der Waals surface area contributed by atoms with Crippen LogP contribution >= 0.6 is 0 Å². The molecule has 5 heteroatoms. The number of amides is 1. The van der Waals surface area contributed by atoms with Gasteiger partial charge < -0.3 is 16.0 Å². The molecule has 0 radical (unpaired) electrons. The summed E-state index contributed by atoms with van der Waals surface area (Å²) in [6.45, 7) is 0.544. The van der Waals surface area contributed by atoms with Gasteiger partial charge in [0.25, 0.3) is 5.91 Å². The number of nitrogens with one attached hydrogen (secondary N) is 1. The normalized spacial score (nSPS) is 17.7. The van der Waals surface area contributed by atoms with Crippen LogP contribution in [0.4, 0.5) is 10.1 Å². The molecule has 0 saturated heterocycles. The summed E-state index contributed by atoms with van der Waals surface area (Å²) in [5.41, 5.74) is 5.86. The van der Waals surface area contributed by atoms with Crippen molar-refractivity contribution < 1.29 is 9.18 Å². The molecule has 1 aromatic carbocycles. The summed E-state index contributed by atoms with van der Waals surface area (Å²) in [4.78, 5) is 14.4. The van der Waals surface area contributed by atoms with Crippen LogP contribution in [-0.2, 0) is 0 Å². The van der Waals surface area contributed by atoms with Crippen molar-refractivity contribution in [2.75, 3.05) is 26.4 Å². The second-order valence-corrected chi connectivity index (χ2v) is 6.10. The van der Waals surface area contributed by atoms with Gasteiger partial charge in [-0.2, -0.15) is 0 Å². The zero-order chi connectivity index (χ0) is 15.5. The third-order valence-corrected chi connectivity index (χ3v) is 4.55. The van der Waals surface area contributed by atoms with Gasteiger partial charge in [-0.05, 0) is 45.1 Å². The summed E-state index contributed by atoms with van der Waals surface area (Å²) in [6, 6.07) is 4.15. The summed E-state index contributed by atoms with van der Waals surface area (Å²) >= 11 is 0. The fourth-order valence-corrected chi connectivity index (χ4v) is 3.05. The van der Waals surface area contributed by atoms with Crippen LogP contribution in [0.2, 0.25) is 0 Å². The number of rotatable bonds is 4. The first kappa shape index (κ1) is 15.8. The lowest BCUT2D eigenvalue weighted by atomic mass is 9.80. The predicted molar refractivity (Wildman–Crippen MR) is 82.6 cm³/mol. The van der Waals surface area contributed by atoms with E-state index in [-0.39, 0.29) is 17.0 Å². The van der Waals surface area contributed by atoms with E-state index in [0.29, 0.717) is 12.2 Å². The molecule has 1 amide bonds. The number of benzene rings is 1. The maximum atomic E-state index is 13.8. The molecule has 116 valence electrons. The van der Waals surface area contributed by atoms with Crippen LogP contribution in [0.15, 0.2) is 18.2 Å². The van der Waals surface area contributed by atoms with Crippen LogP contribution in [0.3, 0.4) is 0 Å². The van der Waals surface area contributed by atoms with Crippen molar-refractivity contribution >= 4 is 11.6 Å². The largest absolute Gasteiger partial charge is 0.399 e. The van der Waals surface area contributed by atoms with Crippen molar-refractivity contribution in [3.63, 3.8) is 0 Å². The lowest BCUT2D eigenvalue weighted by Crippen LogP contribution is -2.53. The molecule has 0 aliphatic heterocycles. The number of hydrogen-bond donors (Lipinski definition) is 2. The number of carbonyl (C=O) groups is 1. The molecule has 1 fully saturated rings. The molecule has 2 rings (SSSR count). The molecule has 1 aliphatic carbocycles. The lowest BCUT2D eigenvalue weighted by molar-refractivity contribution is 0.0797. The van der Waals surface area contributed by atoms with Gasteiger partial charge in [-0.25, -0.2) is 4.39 Å². The molecule has 4 nitrogen and oxygen atoms in total. The van der Waals surface area contributed by atoms with E-state index in [2.05, 4.69) is 10.2 Å². The summed E-state index contributed by atoms with van der Waals surface area (Å²) < 4.78 is 13.8. The van der Waals surface area contributed by atoms with Gasteiger partial charge in [0, 0.05) is 17.8 Å². The molecule has 0 atom stereocenters. The van der Waals surface area contributed by atoms with Gasteiger partial charge in [-0.15, -0.1) is 0 Å². The minimum atomic E-state index is -0.574. The van der Waals surface area contributed by atoms with Gasteiger partial charge in [-0.3, -0.25) is 4.79 Å². The quantitative estimate of drug-likeness (QED) is 0.838. The van der Waals surface area contributed by atoms with Gasteiger partial charge >= 0.3 is 0 Å². The molecule has 0 heterocycles. The summed E-state index contributed by atoms with van der Waals surface area (Å²) in [5, 5.41) is 2.89. The average Bonchev–Trinajstić information content (AvgIpc) is 2.45. The number of carbonyl (C=O) groups excluding carboxylic acids is 1. The standard InChI is InChI=1S/C16H24FN3O/c1-20(2)16(8-4-3-5-9-16)11-19-15(21)13-7-6-12(18)10-14(13)17/h6-7,10H,3-5,8-9,11,18H2,1-2H3,(H,19,21). The second-order valence-electron chi connectivity index (χ2n) is 6.10. The van der Waals surface area contributed by atoms with Crippen molar-refractivity contribution in [3.05, 3.63) is 29.6 Å². The number of nitrogen functional groups attached to an aromatic ring is 1.